The lowest BCUT2D eigenvalue weighted by molar-refractivity contribution is -0.130. The summed E-state index contributed by atoms with van der Waals surface area (Å²) in [5.74, 6) is -0.998. The standard InChI is InChI=1S/C12H13NO4/c1-8(16)13-10-5-3-2-4-9(10)12(6-14,7-15)11(13)17/h2-5,14-15H,6-7H2,1H3. The third-order valence-corrected chi connectivity index (χ3v) is 3.13. The highest BCUT2D eigenvalue weighted by Crippen LogP contribution is 2.41. The minimum absolute atomic E-state index is 0.425. The molecule has 0 saturated carbocycles. The van der Waals surface area contributed by atoms with E-state index in [0.29, 0.717) is 11.3 Å². The molecule has 1 heterocycles. The molecule has 2 N–H and O–H groups in total. The van der Waals surface area contributed by atoms with E-state index >= 15 is 0 Å². The number of para-hydroxylation sites is 1. The zero-order chi connectivity index (χ0) is 12.6. The SMILES string of the molecule is CC(=O)N1C(=O)C(CO)(CO)c2ccccc21. The number of imide groups is 1. The molecular formula is C12H13NO4. The van der Waals surface area contributed by atoms with Crippen LogP contribution in [0.5, 0.6) is 0 Å². The molecule has 1 aromatic rings. The fourth-order valence-corrected chi connectivity index (χ4v) is 2.18. The average Bonchev–Trinajstić information content (AvgIpc) is 2.58. The Hall–Kier alpha value is -1.72. The van der Waals surface area contributed by atoms with Gasteiger partial charge in [-0.1, -0.05) is 18.2 Å². The van der Waals surface area contributed by atoms with E-state index in [1.807, 2.05) is 0 Å². The van der Waals surface area contributed by atoms with E-state index in [0.717, 1.165) is 4.90 Å². The quantitative estimate of drug-likeness (QED) is 0.744. The number of benzene rings is 1. The molecule has 1 aliphatic rings. The molecule has 0 unspecified atom stereocenters. The zero-order valence-electron chi connectivity index (χ0n) is 9.38. The molecule has 0 bridgehead atoms. The summed E-state index contributed by atoms with van der Waals surface area (Å²) in [6, 6.07) is 6.67. The van der Waals surface area contributed by atoms with Crippen molar-refractivity contribution in [2.24, 2.45) is 0 Å². The predicted molar refractivity (Wildman–Crippen MR) is 60.5 cm³/mol. The first-order chi connectivity index (χ1) is 8.08. The zero-order valence-corrected chi connectivity index (χ0v) is 9.38. The fraction of sp³-hybridized carbons (Fsp3) is 0.333. The molecule has 5 nitrogen and oxygen atoms in total. The number of amides is 2. The molecule has 0 radical (unpaired) electrons. The van der Waals surface area contributed by atoms with Gasteiger partial charge in [-0.15, -0.1) is 0 Å². The highest BCUT2D eigenvalue weighted by molar-refractivity contribution is 6.22. The lowest BCUT2D eigenvalue weighted by atomic mass is 9.83. The molecule has 1 aromatic carbocycles. The number of aliphatic hydroxyl groups excluding tert-OH is 2. The van der Waals surface area contributed by atoms with E-state index < -0.39 is 30.4 Å². The Morgan fingerprint density at radius 1 is 1.29 bits per heavy atom. The van der Waals surface area contributed by atoms with E-state index in [2.05, 4.69) is 0 Å². The first-order valence-corrected chi connectivity index (χ1v) is 5.25. The normalized spacial score (nSPS) is 17.1. The van der Waals surface area contributed by atoms with Crippen LogP contribution < -0.4 is 4.90 Å². The van der Waals surface area contributed by atoms with Crippen LogP contribution in [0.1, 0.15) is 12.5 Å². The Kier molecular flexibility index (Phi) is 2.73. The van der Waals surface area contributed by atoms with Gasteiger partial charge >= 0.3 is 0 Å². The second-order valence-corrected chi connectivity index (χ2v) is 4.08. The molecular weight excluding hydrogens is 222 g/mol. The van der Waals surface area contributed by atoms with Gasteiger partial charge in [-0.25, -0.2) is 4.90 Å². The van der Waals surface area contributed by atoms with Gasteiger partial charge in [-0.2, -0.15) is 0 Å². The highest BCUT2D eigenvalue weighted by Gasteiger charge is 2.51. The maximum Gasteiger partial charge on any atom is 0.249 e. The van der Waals surface area contributed by atoms with Crippen molar-refractivity contribution in [1.29, 1.82) is 0 Å². The first kappa shape index (κ1) is 11.8. The molecule has 2 amide bonds. The number of nitrogens with zero attached hydrogens (tertiary/aromatic N) is 1. The molecule has 17 heavy (non-hydrogen) atoms. The van der Waals surface area contributed by atoms with Crippen molar-refractivity contribution in [3.8, 4) is 0 Å². The monoisotopic (exact) mass is 235 g/mol. The molecule has 0 fully saturated rings. The number of rotatable bonds is 2. The van der Waals surface area contributed by atoms with E-state index in [9.17, 15) is 19.8 Å². The number of fused-ring (bicyclic) bond motifs is 1. The van der Waals surface area contributed by atoms with Crippen molar-refractivity contribution in [2.45, 2.75) is 12.3 Å². The number of anilines is 1. The predicted octanol–water partition coefficient (Wildman–Crippen LogP) is -0.198. The second-order valence-electron chi connectivity index (χ2n) is 4.08. The number of aliphatic hydroxyl groups is 2. The molecule has 90 valence electrons. The summed E-state index contributed by atoms with van der Waals surface area (Å²) in [4.78, 5) is 24.7. The summed E-state index contributed by atoms with van der Waals surface area (Å²) in [7, 11) is 0. The van der Waals surface area contributed by atoms with Crippen molar-refractivity contribution in [3.05, 3.63) is 29.8 Å². The van der Waals surface area contributed by atoms with E-state index in [1.54, 1.807) is 24.3 Å². The Labute approximate surface area is 98.3 Å². The van der Waals surface area contributed by atoms with Gasteiger partial charge in [0.2, 0.25) is 11.8 Å². The fourth-order valence-electron chi connectivity index (χ4n) is 2.18. The maximum atomic E-state index is 12.2. The van der Waals surface area contributed by atoms with Crippen LogP contribution in [0, 0.1) is 0 Å². The third-order valence-electron chi connectivity index (χ3n) is 3.13. The smallest absolute Gasteiger partial charge is 0.249 e. The Bertz CT molecular complexity index is 479. The van der Waals surface area contributed by atoms with Gasteiger partial charge in [0, 0.05) is 6.92 Å². The van der Waals surface area contributed by atoms with E-state index in [4.69, 9.17) is 0 Å². The van der Waals surface area contributed by atoms with Crippen molar-refractivity contribution >= 4 is 17.5 Å². The van der Waals surface area contributed by atoms with Crippen LogP contribution in [0.15, 0.2) is 24.3 Å². The number of carbonyl (C=O) groups is 2. The summed E-state index contributed by atoms with van der Waals surface area (Å²) in [6.07, 6.45) is 0. The highest BCUT2D eigenvalue weighted by atomic mass is 16.3. The summed E-state index contributed by atoms with van der Waals surface area (Å²) < 4.78 is 0. The minimum Gasteiger partial charge on any atom is -0.395 e. The van der Waals surface area contributed by atoms with Gasteiger partial charge in [-0.05, 0) is 11.6 Å². The molecule has 0 aromatic heterocycles. The Balaban J connectivity index is 2.68. The molecule has 0 saturated heterocycles. The van der Waals surface area contributed by atoms with Crippen molar-refractivity contribution < 1.29 is 19.8 Å². The molecule has 1 aliphatic heterocycles. The van der Waals surface area contributed by atoms with Crippen LogP contribution >= 0.6 is 0 Å². The summed E-state index contributed by atoms with van der Waals surface area (Å²) in [6.45, 7) is 0.228. The van der Waals surface area contributed by atoms with Crippen molar-refractivity contribution in [2.75, 3.05) is 18.1 Å². The van der Waals surface area contributed by atoms with Gasteiger partial charge in [0.15, 0.2) is 0 Å². The van der Waals surface area contributed by atoms with Crippen molar-refractivity contribution in [1.82, 2.24) is 0 Å². The van der Waals surface area contributed by atoms with Gasteiger partial charge in [-0.3, -0.25) is 9.59 Å². The Morgan fingerprint density at radius 3 is 2.41 bits per heavy atom. The molecule has 5 heteroatoms. The van der Waals surface area contributed by atoms with Crippen LogP contribution in [0.25, 0.3) is 0 Å². The topological polar surface area (TPSA) is 77.8 Å². The summed E-state index contributed by atoms with van der Waals surface area (Å²) >= 11 is 0. The Morgan fingerprint density at radius 2 is 1.88 bits per heavy atom. The van der Waals surface area contributed by atoms with Crippen LogP contribution in [0.4, 0.5) is 5.69 Å². The third kappa shape index (κ3) is 1.40. The molecule has 2 rings (SSSR count). The lowest BCUT2D eigenvalue weighted by Crippen LogP contribution is -2.47. The molecule has 0 aliphatic carbocycles. The lowest BCUT2D eigenvalue weighted by Gasteiger charge is -2.23. The summed E-state index contributed by atoms with van der Waals surface area (Å²) in [5.41, 5.74) is -0.472. The van der Waals surface area contributed by atoms with Crippen LogP contribution in [-0.2, 0) is 15.0 Å². The van der Waals surface area contributed by atoms with Crippen LogP contribution in [0.2, 0.25) is 0 Å². The minimum atomic E-state index is -1.40. The van der Waals surface area contributed by atoms with Crippen LogP contribution in [-0.4, -0.2) is 35.2 Å². The van der Waals surface area contributed by atoms with Crippen molar-refractivity contribution in [3.63, 3.8) is 0 Å². The number of hydrogen-bond acceptors (Lipinski definition) is 4. The largest absolute Gasteiger partial charge is 0.395 e. The van der Waals surface area contributed by atoms with Gasteiger partial charge in [0.1, 0.15) is 5.41 Å². The average molecular weight is 235 g/mol. The van der Waals surface area contributed by atoms with E-state index in [-0.39, 0.29) is 0 Å². The second kappa shape index (κ2) is 3.94. The van der Waals surface area contributed by atoms with Gasteiger partial charge in [0.05, 0.1) is 18.9 Å². The van der Waals surface area contributed by atoms with Gasteiger partial charge in [0.25, 0.3) is 0 Å². The molecule has 0 spiro atoms. The van der Waals surface area contributed by atoms with Crippen LogP contribution in [0.3, 0.4) is 0 Å². The first-order valence-electron chi connectivity index (χ1n) is 5.25. The number of hydrogen-bond donors (Lipinski definition) is 2. The number of carbonyl (C=O) groups excluding carboxylic acids is 2. The maximum absolute atomic E-state index is 12.2. The molecule has 0 atom stereocenters. The summed E-state index contributed by atoms with van der Waals surface area (Å²) in [5, 5.41) is 18.8. The van der Waals surface area contributed by atoms with E-state index in [1.165, 1.54) is 6.92 Å². The van der Waals surface area contributed by atoms with Gasteiger partial charge < -0.3 is 10.2 Å².